The lowest BCUT2D eigenvalue weighted by atomic mass is 10.1. The number of benzene rings is 1. The summed E-state index contributed by atoms with van der Waals surface area (Å²) in [7, 11) is 0. The Bertz CT molecular complexity index is 608. The Labute approximate surface area is 117 Å². The van der Waals surface area contributed by atoms with Crippen LogP contribution in [-0.2, 0) is 11.2 Å². The molecule has 0 aliphatic heterocycles. The highest BCUT2D eigenvalue weighted by atomic mass is 19.1. The molecule has 2 rings (SSSR count). The highest BCUT2D eigenvalue weighted by Gasteiger charge is 2.18. The van der Waals surface area contributed by atoms with Gasteiger partial charge in [0.2, 0.25) is 0 Å². The number of hydrogen-bond acceptors (Lipinski definition) is 3. The third-order valence-corrected chi connectivity index (χ3v) is 2.90. The third kappa shape index (κ3) is 2.87. The van der Waals surface area contributed by atoms with Crippen molar-refractivity contribution in [3.8, 4) is 5.69 Å². The van der Waals surface area contributed by atoms with Crippen molar-refractivity contribution in [2.45, 2.75) is 26.7 Å². The van der Waals surface area contributed by atoms with Gasteiger partial charge in [-0.3, -0.25) is 0 Å². The molecule has 2 aromatic rings. The molecule has 0 saturated carbocycles. The summed E-state index contributed by atoms with van der Waals surface area (Å²) in [6.07, 6.45) is 3.01. The fourth-order valence-electron chi connectivity index (χ4n) is 2.06. The van der Waals surface area contributed by atoms with Gasteiger partial charge in [-0.1, -0.05) is 19.4 Å². The van der Waals surface area contributed by atoms with Crippen molar-refractivity contribution in [1.82, 2.24) is 9.78 Å². The van der Waals surface area contributed by atoms with Crippen LogP contribution < -0.4 is 0 Å². The number of ether oxygens (including phenoxy) is 1. The molecule has 0 spiro atoms. The van der Waals surface area contributed by atoms with Crippen molar-refractivity contribution in [3.05, 3.63) is 47.5 Å². The van der Waals surface area contributed by atoms with Gasteiger partial charge in [0.25, 0.3) is 0 Å². The maximum Gasteiger partial charge on any atom is 0.341 e. The molecule has 0 atom stereocenters. The molecule has 1 aromatic carbocycles. The summed E-state index contributed by atoms with van der Waals surface area (Å²) in [4.78, 5) is 11.9. The predicted molar refractivity (Wildman–Crippen MR) is 73.5 cm³/mol. The Balaban J connectivity index is 2.46. The van der Waals surface area contributed by atoms with Crippen LogP contribution in [0.1, 0.15) is 36.3 Å². The number of halogens is 1. The molecule has 0 radical (unpaired) electrons. The molecule has 0 amide bonds. The zero-order valence-electron chi connectivity index (χ0n) is 11.6. The Hall–Kier alpha value is -2.17. The smallest absolute Gasteiger partial charge is 0.341 e. The fourth-order valence-corrected chi connectivity index (χ4v) is 2.06. The standard InChI is InChI=1S/C15H17FN2O2/c1-3-6-14-13(15(19)20-4-2)10-17-18(14)12-8-5-7-11(16)9-12/h5,7-10H,3-4,6H2,1-2H3. The summed E-state index contributed by atoms with van der Waals surface area (Å²) in [6.45, 7) is 4.09. The molecule has 0 fully saturated rings. The van der Waals surface area contributed by atoms with Crippen LogP contribution in [0.4, 0.5) is 4.39 Å². The number of aromatic nitrogens is 2. The van der Waals surface area contributed by atoms with Crippen LogP contribution in [0.5, 0.6) is 0 Å². The highest BCUT2D eigenvalue weighted by molar-refractivity contribution is 5.90. The lowest BCUT2D eigenvalue weighted by Gasteiger charge is -2.08. The molecule has 0 unspecified atom stereocenters. The molecule has 0 aliphatic rings. The van der Waals surface area contributed by atoms with Gasteiger partial charge in [0.05, 0.1) is 24.2 Å². The van der Waals surface area contributed by atoms with Crippen LogP contribution in [0.2, 0.25) is 0 Å². The van der Waals surface area contributed by atoms with E-state index in [4.69, 9.17) is 4.74 Å². The van der Waals surface area contributed by atoms with E-state index >= 15 is 0 Å². The van der Waals surface area contributed by atoms with E-state index in [-0.39, 0.29) is 5.82 Å². The molecule has 5 heteroatoms. The Morgan fingerprint density at radius 1 is 1.40 bits per heavy atom. The largest absolute Gasteiger partial charge is 0.462 e. The minimum absolute atomic E-state index is 0.315. The average molecular weight is 276 g/mol. The second kappa shape index (κ2) is 6.32. The van der Waals surface area contributed by atoms with Crippen LogP contribution >= 0.6 is 0 Å². The summed E-state index contributed by atoms with van der Waals surface area (Å²) in [5.74, 6) is -0.725. The molecule has 0 N–H and O–H groups in total. The van der Waals surface area contributed by atoms with E-state index in [2.05, 4.69) is 5.10 Å². The zero-order valence-corrected chi connectivity index (χ0v) is 11.6. The number of hydrogen-bond donors (Lipinski definition) is 0. The molecule has 1 aromatic heterocycles. The number of carbonyl (C=O) groups excluding carboxylic acids is 1. The van der Waals surface area contributed by atoms with Gasteiger partial charge in [0, 0.05) is 0 Å². The summed E-state index contributed by atoms with van der Waals surface area (Å²) in [5.41, 5.74) is 1.79. The first-order valence-electron chi connectivity index (χ1n) is 6.67. The highest BCUT2D eigenvalue weighted by Crippen LogP contribution is 2.18. The van der Waals surface area contributed by atoms with E-state index in [0.717, 1.165) is 12.1 Å². The van der Waals surface area contributed by atoms with Crippen molar-refractivity contribution >= 4 is 5.97 Å². The van der Waals surface area contributed by atoms with Crippen LogP contribution in [-0.4, -0.2) is 22.4 Å². The zero-order chi connectivity index (χ0) is 14.5. The quantitative estimate of drug-likeness (QED) is 0.788. The topological polar surface area (TPSA) is 44.1 Å². The van der Waals surface area contributed by atoms with Gasteiger partial charge in [-0.05, 0) is 31.5 Å². The summed E-state index contributed by atoms with van der Waals surface area (Å²) >= 11 is 0. The first kappa shape index (κ1) is 14.2. The maximum absolute atomic E-state index is 13.3. The van der Waals surface area contributed by atoms with E-state index in [1.54, 1.807) is 23.7 Å². The Morgan fingerprint density at radius 2 is 2.20 bits per heavy atom. The Morgan fingerprint density at radius 3 is 2.85 bits per heavy atom. The molecule has 0 bridgehead atoms. The number of esters is 1. The number of nitrogens with zero attached hydrogens (tertiary/aromatic N) is 2. The van der Waals surface area contributed by atoms with E-state index in [0.29, 0.717) is 24.3 Å². The molecule has 0 saturated heterocycles. The molecule has 1 heterocycles. The van der Waals surface area contributed by atoms with Crippen LogP contribution in [0.25, 0.3) is 5.69 Å². The molecular formula is C15H17FN2O2. The Kier molecular flexibility index (Phi) is 4.50. The summed E-state index contributed by atoms with van der Waals surface area (Å²) in [5, 5.41) is 4.20. The SMILES string of the molecule is CCCc1c(C(=O)OCC)cnn1-c1cccc(F)c1. The van der Waals surface area contributed by atoms with E-state index in [1.165, 1.54) is 18.3 Å². The first-order valence-corrected chi connectivity index (χ1v) is 6.67. The molecular weight excluding hydrogens is 259 g/mol. The normalized spacial score (nSPS) is 10.6. The average Bonchev–Trinajstić information content (AvgIpc) is 2.83. The monoisotopic (exact) mass is 276 g/mol. The van der Waals surface area contributed by atoms with Crippen molar-refractivity contribution in [3.63, 3.8) is 0 Å². The molecule has 0 aliphatic carbocycles. The van der Waals surface area contributed by atoms with Gasteiger partial charge in [-0.15, -0.1) is 0 Å². The van der Waals surface area contributed by atoms with Gasteiger partial charge in [0.15, 0.2) is 0 Å². The van der Waals surface area contributed by atoms with Gasteiger partial charge in [-0.2, -0.15) is 5.10 Å². The number of rotatable bonds is 5. The third-order valence-electron chi connectivity index (χ3n) is 2.90. The maximum atomic E-state index is 13.3. The molecule has 4 nitrogen and oxygen atoms in total. The lowest BCUT2D eigenvalue weighted by molar-refractivity contribution is 0.0525. The summed E-state index contributed by atoms with van der Waals surface area (Å²) < 4.78 is 19.9. The predicted octanol–water partition coefficient (Wildman–Crippen LogP) is 3.14. The molecule has 106 valence electrons. The van der Waals surface area contributed by atoms with Crippen molar-refractivity contribution in [1.29, 1.82) is 0 Å². The van der Waals surface area contributed by atoms with Crippen LogP contribution in [0.3, 0.4) is 0 Å². The van der Waals surface area contributed by atoms with E-state index in [9.17, 15) is 9.18 Å². The van der Waals surface area contributed by atoms with Crippen LogP contribution in [0, 0.1) is 5.82 Å². The summed E-state index contributed by atoms with van der Waals surface area (Å²) in [6, 6.07) is 6.14. The van der Waals surface area contributed by atoms with Crippen LogP contribution in [0.15, 0.2) is 30.5 Å². The minimum Gasteiger partial charge on any atom is -0.462 e. The minimum atomic E-state index is -0.390. The molecule has 20 heavy (non-hydrogen) atoms. The van der Waals surface area contributed by atoms with Crippen molar-refractivity contribution in [2.24, 2.45) is 0 Å². The van der Waals surface area contributed by atoms with E-state index < -0.39 is 5.97 Å². The fraction of sp³-hybridized carbons (Fsp3) is 0.333. The first-order chi connectivity index (χ1) is 9.67. The number of carbonyl (C=O) groups is 1. The second-order valence-electron chi connectivity index (χ2n) is 4.37. The van der Waals surface area contributed by atoms with Gasteiger partial charge >= 0.3 is 5.97 Å². The van der Waals surface area contributed by atoms with E-state index in [1.807, 2.05) is 6.92 Å². The van der Waals surface area contributed by atoms with Crippen molar-refractivity contribution in [2.75, 3.05) is 6.61 Å². The lowest BCUT2D eigenvalue weighted by Crippen LogP contribution is -2.09. The van der Waals surface area contributed by atoms with Gasteiger partial charge < -0.3 is 4.74 Å². The van der Waals surface area contributed by atoms with Gasteiger partial charge in [0.1, 0.15) is 11.4 Å². The van der Waals surface area contributed by atoms with Crippen molar-refractivity contribution < 1.29 is 13.9 Å². The van der Waals surface area contributed by atoms with Gasteiger partial charge in [-0.25, -0.2) is 13.9 Å². The second-order valence-corrected chi connectivity index (χ2v) is 4.37.